The number of hydrogen-bond donors (Lipinski definition) is 0. The molecule has 0 aromatic heterocycles. The first-order chi connectivity index (χ1) is 10.2. The number of anilines is 1. The highest BCUT2D eigenvalue weighted by atomic mass is 16.2. The zero-order valence-corrected chi connectivity index (χ0v) is 12.4. The van der Waals surface area contributed by atoms with Gasteiger partial charge in [0.1, 0.15) is 5.78 Å². The molecular formula is C17H22N2O2. The Bertz CT molecular complexity index is 531. The first-order valence-electron chi connectivity index (χ1n) is 7.86. The van der Waals surface area contributed by atoms with E-state index in [-0.39, 0.29) is 5.91 Å². The number of ketones is 1. The Balaban J connectivity index is 1.67. The number of Topliss-reactive ketones (excluding diaryl/α,β-unsaturated/α-hetero) is 1. The lowest BCUT2D eigenvalue weighted by Crippen LogP contribution is -2.34. The number of piperidine rings is 1. The molecule has 0 unspecified atom stereocenters. The maximum Gasteiger partial charge on any atom is 0.222 e. The van der Waals surface area contributed by atoms with Crippen LogP contribution in [0.15, 0.2) is 24.3 Å². The molecule has 2 saturated heterocycles. The van der Waals surface area contributed by atoms with Crippen LogP contribution in [0.5, 0.6) is 0 Å². The summed E-state index contributed by atoms with van der Waals surface area (Å²) in [5.41, 5.74) is 2.52. The molecule has 4 heteroatoms. The molecule has 2 fully saturated rings. The van der Waals surface area contributed by atoms with E-state index < -0.39 is 0 Å². The van der Waals surface area contributed by atoms with Crippen molar-refractivity contribution in [3.8, 4) is 0 Å². The normalized spacial score (nSPS) is 19.4. The molecule has 112 valence electrons. The Kier molecular flexibility index (Phi) is 4.23. The van der Waals surface area contributed by atoms with Gasteiger partial charge in [0.25, 0.3) is 0 Å². The molecule has 0 spiro atoms. The van der Waals surface area contributed by atoms with Gasteiger partial charge in [0, 0.05) is 51.1 Å². The average molecular weight is 286 g/mol. The van der Waals surface area contributed by atoms with E-state index in [1.54, 1.807) is 0 Å². The van der Waals surface area contributed by atoms with Crippen LogP contribution in [0, 0.1) is 0 Å². The summed E-state index contributed by atoms with van der Waals surface area (Å²) in [5.74, 6) is 0.655. The van der Waals surface area contributed by atoms with Crippen molar-refractivity contribution in [2.24, 2.45) is 0 Å². The topological polar surface area (TPSA) is 40.6 Å². The second kappa shape index (κ2) is 6.29. The first-order valence-corrected chi connectivity index (χ1v) is 7.86. The predicted molar refractivity (Wildman–Crippen MR) is 82.4 cm³/mol. The molecule has 0 N–H and O–H groups in total. The quantitative estimate of drug-likeness (QED) is 0.850. The highest BCUT2D eigenvalue weighted by molar-refractivity contribution is 5.81. The van der Waals surface area contributed by atoms with E-state index in [1.165, 1.54) is 11.3 Å². The molecule has 1 aromatic rings. The van der Waals surface area contributed by atoms with Crippen LogP contribution in [0.2, 0.25) is 0 Å². The standard InChI is InChI=1S/C17H22N2O2/c20-15-8-12-18(13-9-15)16-5-2-1-4-14(16)7-11-19-10-3-6-17(19)21/h1-2,4-5H,3,6-13H2. The summed E-state index contributed by atoms with van der Waals surface area (Å²) >= 11 is 0. The summed E-state index contributed by atoms with van der Waals surface area (Å²) in [6.07, 6.45) is 3.90. The van der Waals surface area contributed by atoms with Crippen molar-refractivity contribution in [1.29, 1.82) is 0 Å². The Labute approximate surface area is 125 Å². The second-order valence-corrected chi connectivity index (χ2v) is 5.89. The predicted octanol–water partition coefficient (Wildman–Crippen LogP) is 2.02. The lowest BCUT2D eigenvalue weighted by Gasteiger charge is -2.30. The zero-order valence-electron chi connectivity index (χ0n) is 12.4. The van der Waals surface area contributed by atoms with Crippen LogP contribution in [0.4, 0.5) is 5.69 Å². The van der Waals surface area contributed by atoms with Crippen molar-refractivity contribution in [3.05, 3.63) is 29.8 Å². The van der Waals surface area contributed by atoms with Crippen molar-refractivity contribution < 1.29 is 9.59 Å². The summed E-state index contributed by atoms with van der Waals surface area (Å²) in [6.45, 7) is 3.35. The van der Waals surface area contributed by atoms with Gasteiger partial charge in [0.15, 0.2) is 0 Å². The van der Waals surface area contributed by atoms with Gasteiger partial charge in [0.2, 0.25) is 5.91 Å². The van der Waals surface area contributed by atoms with Crippen LogP contribution in [0.1, 0.15) is 31.2 Å². The Morgan fingerprint density at radius 3 is 2.43 bits per heavy atom. The molecule has 0 aliphatic carbocycles. The fourth-order valence-electron chi connectivity index (χ4n) is 3.22. The van der Waals surface area contributed by atoms with Crippen molar-refractivity contribution in [1.82, 2.24) is 4.90 Å². The van der Waals surface area contributed by atoms with Crippen LogP contribution in [-0.2, 0) is 16.0 Å². The third kappa shape index (κ3) is 3.26. The first kappa shape index (κ1) is 14.1. The second-order valence-electron chi connectivity index (χ2n) is 5.89. The number of benzene rings is 1. The van der Waals surface area contributed by atoms with Crippen molar-refractivity contribution >= 4 is 17.4 Å². The van der Waals surface area contributed by atoms with E-state index in [4.69, 9.17) is 0 Å². The van der Waals surface area contributed by atoms with Gasteiger partial charge in [-0.25, -0.2) is 0 Å². The monoisotopic (exact) mass is 286 g/mol. The summed E-state index contributed by atoms with van der Waals surface area (Å²) in [7, 11) is 0. The van der Waals surface area contributed by atoms with E-state index in [2.05, 4.69) is 29.2 Å². The van der Waals surface area contributed by atoms with Crippen LogP contribution in [0.3, 0.4) is 0 Å². The number of likely N-dealkylation sites (tertiary alicyclic amines) is 1. The molecule has 0 atom stereocenters. The Hall–Kier alpha value is -1.84. The Morgan fingerprint density at radius 2 is 1.71 bits per heavy atom. The van der Waals surface area contributed by atoms with Crippen LogP contribution < -0.4 is 4.90 Å². The van der Waals surface area contributed by atoms with E-state index in [0.717, 1.165) is 39.0 Å². The van der Waals surface area contributed by atoms with Gasteiger partial charge in [-0.3, -0.25) is 9.59 Å². The number of nitrogens with zero attached hydrogens (tertiary/aromatic N) is 2. The maximum atomic E-state index is 11.7. The number of carbonyl (C=O) groups is 2. The third-order valence-corrected chi connectivity index (χ3v) is 4.48. The molecular weight excluding hydrogens is 264 g/mol. The summed E-state index contributed by atoms with van der Waals surface area (Å²) in [6, 6.07) is 8.39. The maximum absolute atomic E-state index is 11.7. The number of amides is 1. The van der Waals surface area contributed by atoms with Crippen LogP contribution in [0.25, 0.3) is 0 Å². The number of carbonyl (C=O) groups excluding carboxylic acids is 2. The van der Waals surface area contributed by atoms with E-state index in [0.29, 0.717) is 25.0 Å². The minimum Gasteiger partial charge on any atom is -0.370 e. The van der Waals surface area contributed by atoms with E-state index in [1.807, 2.05) is 4.90 Å². The van der Waals surface area contributed by atoms with Crippen molar-refractivity contribution in [2.75, 3.05) is 31.1 Å². The molecule has 1 amide bonds. The number of hydrogen-bond acceptors (Lipinski definition) is 3. The molecule has 2 heterocycles. The molecule has 4 nitrogen and oxygen atoms in total. The fraction of sp³-hybridized carbons (Fsp3) is 0.529. The summed E-state index contributed by atoms with van der Waals surface area (Å²) in [4.78, 5) is 27.4. The van der Waals surface area contributed by atoms with Gasteiger partial charge in [0.05, 0.1) is 0 Å². The Morgan fingerprint density at radius 1 is 0.952 bits per heavy atom. The van der Waals surface area contributed by atoms with Gasteiger partial charge >= 0.3 is 0 Å². The number of para-hydroxylation sites is 1. The largest absolute Gasteiger partial charge is 0.370 e. The van der Waals surface area contributed by atoms with Crippen molar-refractivity contribution in [2.45, 2.75) is 32.1 Å². The van der Waals surface area contributed by atoms with E-state index >= 15 is 0 Å². The molecule has 0 saturated carbocycles. The van der Waals surface area contributed by atoms with Gasteiger partial charge < -0.3 is 9.80 Å². The lowest BCUT2D eigenvalue weighted by atomic mass is 10.0. The lowest BCUT2D eigenvalue weighted by molar-refractivity contribution is -0.127. The van der Waals surface area contributed by atoms with Gasteiger partial charge in [-0.2, -0.15) is 0 Å². The van der Waals surface area contributed by atoms with Crippen molar-refractivity contribution in [3.63, 3.8) is 0 Å². The van der Waals surface area contributed by atoms with Gasteiger partial charge in [-0.05, 0) is 24.5 Å². The highest BCUT2D eigenvalue weighted by Gasteiger charge is 2.21. The highest BCUT2D eigenvalue weighted by Crippen LogP contribution is 2.24. The van der Waals surface area contributed by atoms with Gasteiger partial charge in [-0.15, -0.1) is 0 Å². The van der Waals surface area contributed by atoms with Crippen LogP contribution in [-0.4, -0.2) is 42.8 Å². The van der Waals surface area contributed by atoms with Gasteiger partial charge in [-0.1, -0.05) is 18.2 Å². The average Bonchev–Trinajstić information content (AvgIpc) is 2.92. The van der Waals surface area contributed by atoms with E-state index in [9.17, 15) is 9.59 Å². The minimum absolute atomic E-state index is 0.288. The fourth-order valence-corrected chi connectivity index (χ4v) is 3.22. The molecule has 2 aliphatic rings. The third-order valence-electron chi connectivity index (χ3n) is 4.48. The zero-order chi connectivity index (χ0) is 14.7. The molecule has 1 aromatic carbocycles. The molecule has 3 rings (SSSR count). The number of rotatable bonds is 4. The smallest absolute Gasteiger partial charge is 0.222 e. The minimum atomic E-state index is 0.288. The summed E-state index contributed by atoms with van der Waals surface area (Å²) < 4.78 is 0. The molecule has 2 aliphatic heterocycles. The molecule has 21 heavy (non-hydrogen) atoms. The molecule has 0 radical (unpaired) electrons. The molecule has 0 bridgehead atoms. The summed E-state index contributed by atoms with van der Waals surface area (Å²) in [5, 5.41) is 0. The van der Waals surface area contributed by atoms with Crippen LogP contribution >= 0.6 is 0 Å². The SMILES string of the molecule is O=C1CCN(c2ccccc2CCN2CCCC2=O)CC1.